The highest BCUT2D eigenvalue weighted by atomic mass is 19.2. The van der Waals surface area contributed by atoms with Crippen LogP contribution in [0.25, 0.3) is 0 Å². The second-order valence-corrected chi connectivity index (χ2v) is 40.2. The fourth-order valence-corrected chi connectivity index (χ4v) is 20.3. The summed E-state index contributed by atoms with van der Waals surface area (Å²) >= 11 is 0. The lowest BCUT2D eigenvalue weighted by Crippen LogP contribution is -2.61. The molecule has 25 nitrogen and oxygen atoms in total. The Morgan fingerprint density at radius 3 is 1.42 bits per heavy atom. The number of ether oxygens (including phenoxy) is 9. The first-order valence-corrected chi connectivity index (χ1v) is 48.0. The predicted octanol–water partition coefficient (Wildman–Crippen LogP) is 15.3. The third kappa shape index (κ3) is 29.9. The summed E-state index contributed by atoms with van der Waals surface area (Å²) in [7, 11) is 7.36. The number of halogens is 2. The van der Waals surface area contributed by atoms with E-state index in [1.54, 1.807) is 68.9 Å². The van der Waals surface area contributed by atoms with Crippen molar-refractivity contribution in [3.05, 3.63) is 95.2 Å². The van der Waals surface area contributed by atoms with Gasteiger partial charge in [-0.3, -0.25) is 38.4 Å². The lowest BCUT2D eigenvalue weighted by atomic mass is 9.77. The molecule has 27 heteroatoms. The minimum Gasteiger partial charge on any atom is -0.460 e. The molecule has 6 unspecified atom stereocenters. The molecule has 2 amide bonds. The van der Waals surface area contributed by atoms with Crippen molar-refractivity contribution in [3.8, 4) is 0 Å². The van der Waals surface area contributed by atoms with Crippen LogP contribution < -0.4 is 0 Å². The molecule has 6 heterocycles. The maximum atomic E-state index is 17.1. The van der Waals surface area contributed by atoms with Gasteiger partial charge in [0.1, 0.15) is 48.1 Å². The van der Waals surface area contributed by atoms with Crippen molar-refractivity contribution in [1.29, 1.82) is 0 Å². The molecule has 0 aromatic heterocycles. The molecular weight excluding hydrogens is 1670 g/mol. The average Bonchev–Trinajstić information content (AvgIpc) is 0.780. The number of Topliss-reactive ketones (excluding diaryl/α,β-unsaturated/α-hetero) is 6. The molecule has 29 atom stereocenters. The number of carbonyl (C=O) groups is 10. The molecule has 8 aliphatic rings. The number of methoxy groups -OCH3 is 5. The van der Waals surface area contributed by atoms with Crippen molar-refractivity contribution in [2.45, 2.75) is 368 Å². The molecule has 0 spiro atoms. The molecule has 8 rings (SSSR count). The van der Waals surface area contributed by atoms with E-state index in [0.29, 0.717) is 134 Å². The van der Waals surface area contributed by atoms with E-state index < -0.39 is 167 Å². The molecular formula is C103H158F2N2O23. The van der Waals surface area contributed by atoms with Crippen molar-refractivity contribution in [2.24, 2.45) is 76.4 Å². The van der Waals surface area contributed by atoms with Gasteiger partial charge in [0.15, 0.2) is 23.8 Å². The van der Waals surface area contributed by atoms with Crippen molar-refractivity contribution in [3.63, 3.8) is 0 Å². The first-order valence-electron chi connectivity index (χ1n) is 48.0. The van der Waals surface area contributed by atoms with Gasteiger partial charge in [0, 0.05) is 103 Å². The van der Waals surface area contributed by atoms with E-state index in [1.807, 2.05) is 123 Å². The number of ketones is 6. The third-order valence-corrected chi connectivity index (χ3v) is 29.4. The van der Waals surface area contributed by atoms with Gasteiger partial charge in [-0.05, 0) is 220 Å². The Morgan fingerprint density at radius 1 is 0.492 bits per heavy atom. The fraction of sp³-hybridized carbons (Fsp3) is 0.748. The number of esters is 2. The minimum atomic E-state index is -2.89. The van der Waals surface area contributed by atoms with Crippen LogP contribution in [0.4, 0.5) is 8.78 Å². The Balaban J connectivity index is 0.000000356. The lowest BCUT2D eigenvalue weighted by Gasteiger charge is -2.42. The standard InChI is InChI=1S/C52H80FNO11.C51H78FNO12/c1-31-17-13-12-14-18-36(6)51(8,9)30-39-22-20-37(7)52(53,65-39)48(59)49(60)54-24-16-15-19-40(54)50(61)64-43(33(3)27-38-21-23-41(55)44(28-38)62-10)29-42(56)32(2)26-35(5)46(58)47(63-11)45(57)34(4)25-31;1-30-16-12-11-13-17-31(2)42(61-8)28-38-21-19-36(7)51(60,65-38)48(57)49(58)53-23-15-14-18-39(53)50(59)64-43(33(4)26-37-20-22-40(54)44(27-37)62-9)29-41(55)32(3)25-34(5)45(52)47(63-10)46(56)35(6)24-30/h12-14,17-18,26,31-34,37-41,43-44,46-47,55,58H,15-16,19-25,27-30H2,1-11H3;11-13,16-17,25,30,32-33,35-40,42-45,47,54,60H,14-15,18-24,26-29H2,1-10H3/b14-12+,17-13+,35-26+,36-18+;13-11+,16-12+,31-17+,34-25+/t31-,32-,33-,34-,37-,38?,39+,40+,41+,43?,44-,46-,47+,52?;30-,32-,33-,35-,36-,37?,38+,39+,40-,42+,43?,44-,45?,47-,51-/m11/s1. The highest BCUT2D eigenvalue weighted by Crippen LogP contribution is 2.45. The molecule has 732 valence electrons. The predicted molar refractivity (Wildman–Crippen MR) is 491 cm³/mol. The molecule has 4 N–H and O–H groups in total. The summed E-state index contributed by atoms with van der Waals surface area (Å²) in [6, 6.07) is -2.34. The Hall–Kier alpha value is -6.76. The smallest absolute Gasteiger partial charge is 0.329 e. The van der Waals surface area contributed by atoms with Crippen LogP contribution in [0.5, 0.6) is 0 Å². The zero-order valence-corrected chi connectivity index (χ0v) is 81.6. The summed E-state index contributed by atoms with van der Waals surface area (Å²) in [4.78, 5) is 143. The SMILES string of the molecule is CO[C@@H]1CC(C[C@@H](C)C2CC(=O)[C@H](C)/C=C(\C)[C@@H](O)[C@@H](OC)C(=O)[C@H](C)C[C@H](C)/C=C/C=C/C=C(\C)C(C)(C)C[C@@H]3CC[C@@H](C)C(F)(O3)C(=O)C(=O)N3CCCC[C@H]3C(=O)O2)CC[C@@H]1O.CO[C@H]1C[C@@H]2CC[C@@H](C)[C@@](O)(O2)C(=O)C(=O)N2CCCC[C@H]2C(=O)OC([C@H](C)CC2CC[C@@H](O)[C@H](OC)C2)CC(=O)[C@H](C)/C=C(\C)C(F)[C@@H](OC)C(=O)[C@H](C)C[C@H](C)/C=C/C=C/C=C/1C. The molecule has 4 bridgehead atoms. The Bertz CT molecular complexity index is 4050. The number of hydrogen-bond acceptors (Lipinski definition) is 23. The number of rotatable bonds is 11. The molecule has 0 aromatic rings. The number of aliphatic hydroxyl groups excluding tert-OH is 3. The summed E-state index contributed by atoms with van der Waals surface area (Å²) < 4.78 is 85.9. The van der Waals surface area contributed by atoms with Crippen LogP contribution in [-0.4, -0.2) is 240 Å². The minimum absolute atomic E-state index is 0.0215. The van der Waals surface area contributed by atoms with Crippen LogP contribution >= 0.6 is 0 Å². The number of hydrogen-bond donors (Lipinski definition) is 4. The van der Waals surface area contributed by atoms with Crippen LogP contribution in [0.15, 0.2) is 95.2 Å². The molecule has 2 saturated carbocycles. The summed E-state index contributed by atoms with van der Waals surface area (Å²) in [5, 5.41) is 44.3. The van der Waals surface area contributed by atoms with Crippen molar-refractivity contribution < 1.29 is 120 Å². The van der Waals surface area contributed by atoms with Crippen LogP contribution in [0, 0.1) is 76.4 Å². The van der Waals surface area contributed by atoms with Gasteiger partial charge in [-0.15, -0.1) is 0 Å². The zero-order valence-electron chi connectivity index (χ0n) is 81.6. The molecule has 6 aliphatic heterocycles. The summed E-state index contributed by atoms with van der Waals surface area (Å²) in [5.74, 6) is -17.4. The summed E-state index contributed by atoms with van der Waals surface area (Å²) in [5.41, 5.74) is 1.97. The number of alkyl halides is 2. The second-order valence-electron chi connectivity index (χ2n) is 40.2. The van der Waals surface area contributed by atoms with Gasteiger partial charge in [0.05, 0.1) is 42.7 Å². The van der Waals surface area contributed by atoms with Gasteiger partial charge in [0.25, 0.3) is 29.2 Å². The number of aliphatic hydroxyl groups is 4. The average molecular weight is 1830 g/mol. The number of fused-ring (bicyclic) bond motifs is 6. The highest BCUT2D eigenvalue weighted by molar-refractivity contribution is 6.39. The largest absolute Gasteiger partial charge is 0.460 e. The van der Waals surface area contributed by atoms with E-state index in [0.717, 1.165) is 16.0 Å². The molecule has 2 aliphatic carbocycles. The maximum Gasteiger partial charge on any atom is 0.329 e. The van der Waals surface area contributed by atoms with Crippen molar-refractivity contribution in [2.75, 3.05) is 48.6 Å². The number of piperidine rings is 2. The van der Waals surface area contributed by atoms with Gasteiger partial charge >= 0.3 is 11.9 Å². The van der Waals surface area contributed by atoms with Crippen LogP contribution in [0.2, 0.25) is 0 Å². The molecule has 4 saturated heterocycles. The second kappa shape index (κ2) is 51.3. The van der Waals surface area contributed by atoms with E-state index in [9.17, 15) is 68.4 Å². The summed E-state index contributed by atoms with van der Waals surface area (Å²) in [6.07, 6.45) is 21.5. The number of cyclic esters (lactones) is 2. The quantitative estimate of drug-likeness (QED) is 0.0848. The Morgan fingerprint density at radius 2 is 0.946 bits per heavy atom. The zero-order chi connectivity index (χ0) is 96.6. The normalized spacial score (nSPS) is 40.3. The van der Waals surface area contributed by atoms with Crippen LogP contribution in [0.3, 0.4) is 0 Å². The van der Waals surface area contributed by atoms with Gasteiger partial charge in [-0.1, -0.05) is 162 Å². The molecule has 6 fully saturated rings. The topological polar surface area (TPSA) is 341 Å². The van der Waals surface area contributed by atoms with Gasteiger partial charge in [-0.25, -0.2) is 18.4 Å². The molecule has 0 aromatic carbocycles. The first-order chi connectivity index (χ1) is 61.3. The molecule has 0 radical (unpaired) electrons. The first kappa shape index (κ1) is 110. The van der Waals surface area contributed by atoms with Crippen molar-refractivity contribution in [1.82, 2.24) is 9.80 Å². The van der Waals surface area contributed by atoms with Gasteiger partial charge in [-0.2, -0.15) is 0 Å². The number of carbonyl (C=O) groups excluding carboxylic acids is 10. The Kier molecular flexibility index (Phi) is 43.5. The van der Waals surface area contributed by atoms with Gasteiger partial charge < -0.3 is 72.9 Å². The molecule has 130 heavy (non-hydrogen) atoms. The van der Waals surface area contributed by atoms with Crippen LogP contribution in [-0.2, 0) is 90.6 Å². The number of nitrogens with zero attached hydrogens (tertiary/aromatic N) is 2. The number of amides is 2. The van der Waals surface area contributed by atoms with Crippen molar-refractivity contribution >= 4 is 58.5 Å². The lowest BCUT2D eigenvalue weighted by molar-refractivity contribution is -0.265. The fourth-order valence-electron chi connectivity index (χ4n) is 20.3. The van der Waals surface area contributed by atoms with E-state index in [-0.39, 0.29) is 115 Å². The van der Waals surface area contributed by atoms with Crippen LogP contribution in [0.1, 0.15) is 265 Å². The maximum absolute atomic E-state index is 17.1. The van der Waals surface area contributed by atoms with E-state index in [4.69, 9.17) is 42.6 Å². The summed E-state index contributed by atoms with van der Waals surface area (Å²) in [6.45, 7) is 29.1. The number of allylic oxidation sites excluding steroid dienone is 13. The highest BCUT2D eigenvalue weighted by Gasteiger charge is 2.57. The van der Waals surface area contributed by atoms with E-state index >= 15 is 8.78 Å². The third-order valence-electron chi connectivity index (χ3n) is 29.4. The Labute approximate surface area is 772 Å². The van der Waals surface area contributed by atoms with E-state index in [2.05, 4.69) is 0 Å². The van der Waals surface area contributed by atoms with E-state index in [1.165, 1.54) is 32.1 Å². The monoisotopic (exact) mass is 1830 g/mol. The van der Waals surface area contributed by atoms with Gasteiger partial charge in [0.2, 0.25) is 5.79 Å².